The van der Waals surface area contributed by atoms with Crippen LogP contribution in [0.25, 0.3) is 0 Å². The molecule has 0 saturated heterocycles. The summed E-state index contributed by atoms with van der Waals surface area (Å²) < 4.78 is 32.7. The second-order valence-electron chi connectivity index (χ2n) is 3.58. The van der Waals surface area contributed by atoms with Gasteiger partial charge in [-0.2, -0.15) is 0 Å². The van der Waals surface area contributed by atoms with E-state index in [0.717, 1.165) is 16.8 Å². The SMILES string of the molecule is CCOC(=O)c1nnnn1Cc1c(F)cccc1F. The molecule has 2 aromatic rings. The summed E-state index contributed by atoms with van der Waals surface area (Å²) in [5, 5.41) is 10.3. The lowest BCUT2D eigenvalue weighted by Gasteiger charge is -2.06. The van der Waals surface area contributed by atoms with Crippen LogP contribution in [-0.2, 0) is 11.3 Å². The molecular weight excluding hydrogens is 258 g/mol. The van der Waals surface area contributed by atoms with Crippen LogP contribution < -0.4 is 0 Å². The maximum absolute atomic E-state index is 13.5. The summed E-state index contributed by atoms with van der Waals surface area (Å²) in [5.41, 5.74) is -0.222. The van der Waals surface area contributed by atoms with Gasteiger partial charge in [0.1, 0.15) is 11.6 Å². The molecule has 0 aliphatic heterocycles. The minimum atomic E-state index is -0.746. The van der Waals surface area contributed by atoms with Gasteiger partial charge in [-0.1, -0.05) is 6.07 Å². The predicted octanol–water partition coefficient (Wildman–Crippen LogP) is 1.18. The number of halogens is 2. The highest BCUT2D eigenvalue weighted by molar-refractivity contribution is 5.85. The summed E-state index contributed by atoms with van der Waals surface area (Å²) in [5.74, 6) is -2.41. The van der Waals surface area contributed by atoms with Crippen molar-refractivity contribution in [1.82, 2.24) is 20.2 Å². The van der Waals surface area contributed by atoms with Crippen molar-refractivity contribution >= 4 is 5.97 Å². The van der Waals surface area contributed by atoms with Crippen molar-refractivity contribution in [3.63, 3.8) is 0 Å². The van der Waals surface area contributed by atoms with Gasteiger partial charge < -0.3 is 4.74 Å². The number of carbonyl (C=O) groups is 1. The Labute approximate surface area is 107 Å². The minimum absolute atomic E-state index is 0.153. The quantitative estimate of drug-likeness (QED) is 0.779. The fourth-order valence-electron chi connectivity index (χ4n) is 1.49. The molecule has 0 unspecified atom stereocenters. The van der Waals surface area contributed by atoms with Crippen molar-refractivity contribution in [1.29, 1.82) is 0 Å². The number of rotatable bonds is 4. The molecule has 8 heteroatoms. The maximum atomic E-state index is 13.5. The molecule has 0 N–H and O–H groups in total. The third-order valence-corrected chi connectivity index (χ3v) is 2.36. The second kappa shape index (κ2) is 5.51. The number of tetrazole rings is 1. The molecule has 6 nitrogen and oxygen atoms in total. The number of hydrogen-bond donors (Lipinski definition) is 0. The third-order valence-electron chi connectivity index (χ3n) is 2.36. The van der Waals surface area contributed by atoms with E-state index in [2.05, 4.69) is 15.5 Å². The number of esters is 1. The summed E-state index contributed by atoms with van der Waals surface area (Å²) in [6.45, 7) is 1.49. The zero-order chi connectivity index (χ0) is 13.8. The van der Waals surface area contributed by atoms with Crippen LogP contribution in [0.3, 0.4) is 0 Å². The molecule has 1 heterocycles. The van der Waals surface area contributed by atoms with Gasteiger partial charge in [0.25, 0.3) is 5.82 Å². The number of nitrogens with zero attached hydrogens (tertiary/aromatic N) is 4. The molecule has 0 saturated carbocycles. The van der Waals surface area contributed by atoms with Gasteiger partial charge in [-0.05, 0) is 29.5 Å². The first kappa shape index (κ1) is 13.1. The number of aromatic nitrogens is 4. The average Bonchev–Trinajstić information content (AvgIpc) is 2.82. The van der Waals surface area contributed by atoms with Crippen LogP contribution in [0.2, 0.25) is 0 Å². The lowest BCUT2D eigenvalue weighted by Crippen LogP contribution is -2.16. The Morgan fingerprint density at radius 3 is 2.68 bits per heavy atom. The van der Waals surface area contributed by atoms with E-state index >= 15 is 0 Å². The Morgan fingerprint density at radius 2 is 2.05 bits per heavy atom. The van der Waals surface area contributed by atoms with Crippen LogP contribution in [0.5, 0.6) is 0 Å². The van der Waals surface area contributed by atoms with E-state index < -0.39 is 17.6 Å². The van der Waals surface area contributed by atoms with Gasteiger partial charge in [0, 0.05) is 5.56 Å². The van der Waals surface area contributed by atoms with Crippen molar-refractivity contribution in [2.75, 3.05) is 6.61 Å². The zero-order valence-electron chi connectivity index (χ0n) is 10.0. The Kier molecular flexibility index (Phi) is 3.79. The maximum Gasteiger partial charge on any atom is 0.378 e. The molecule has 0 fully saturated rings. The highest BCUT2D eigenvalue weighted by Crippen LogP contribution is 2.13. The molecule has 0 bridgehead atoms. The molecule has 100 valence electrons. The number of benzene rings is 1. The van der Waals surface area contributed by atoms with Gasteiger partial charge in [-0.15, -0.1) is 5.10 Å². The van der Waals surface area contributed by atoms with Crippen LogP contribution in [0, 0.1) is 11.6 Å². The Balaban J connectivity index is 2.30. The number of ether oxygens (including phenoxy) is 1. The number of carbonyl (C=O) groups excluding carboxylic acids is 1. The molecule has 1 aromatic carbocycles. The van der Waals surface area contributed by atoms with Gasteiger partial charge >= 0.3 is 5.97 Å². The van der Waals surface area contributed by atoms with Gasteiger partial charge in [0.15, 0.2) is 0 Å². The molecule has 0 aliphatic carbocycles. The lowest BCUT2D eigenvalue weighted by molar-refractivity contribution is 0.0505. The van der Waals surface area contributed by atoms with E-state index in [0.29, 0.717) is 0 Å². The van der Waals surface area contributed by atoms with Crippen LogP contribution in [0.15, 0.2) is 18.2 Å². The molecule has 0 aliphatic rings. The highest BCUT2D eigenvalue weighted by Gasteiger charge is 2.19. The zero-order valence-corrected chi connectivity index (χ0v) is 10.0. The Bertz CT molecular complexity index is 580. The summed E-state index contributed by atoms with van der Waals surface area (Å²) >= 11 is 0. The summed E-state index contributed by atoms with van der Waals surface area (Å²) in [6, 6.07) is 3.49. The van der Waals surface area contributed by atoms with Crippen molar-refractivity contribution in [2.24, 2.45) is 0 Å². The van der Waals surface area contributed by atoms with Gasteiger partial charge in [-0.25, -0.2) is 18.3 Å². The third kappa shape index (κ3) is 2.72. The van der Waals surface area contributed by atoms with Gasteiger partial charge in [-0.3, -0.25) is 0 Å². The molecule has 2 rings (SSSR count). The predicted molar refractivity (Wildman–Crippen MR) is 59.2 cm³/mol. The van der Waals surface area contributed by atoms with Crippen LogP contribution in [-0.4, -0.2) is 32.8 Å². The van der Waals surface area contributed by atoms with E-state index in [4.69, 9.17) is 4.74 Å². The fraction of sp³-hybridized carbons (Fsp3) is 0.273. The monoisotopic (exact) mass is 268 g/mol. The van der Waals surface area contributed by atoms with Crippen molar-refractivity contribution < 1.29 is 18.3 Å². The smallest absolute Gasteiger partial charge is 0.378 e. The van der Waals surface area contributed by atoms with E-state index in [1.807, 2.05) is 0 Å². The van der Waals surface area contributed by atoms with Crippen LogP contribution in [0.1, 0.15) is 23.1 Å². The number of hydrogen-bond acceptors (Lipinski definition) is 5. The summed E-state index contributed by atoms with van der Waals surface area (Å²) in [6.07, 6.45) is 0. The fourth-order valence-corrected chi connectivity index (χ4v) is 1.49. The average molecular weight is 268 g/mol. The van der Waals surface area contributed by atoms with Crippen molar-refractivity contribution in [3.05, 3.63) is 41.2 Å². The van der Waals surface area contributed by atoms with E-state index in [-0.39, 0.29) is 24.5 Å². The molecule has 0 radical (unpaired) electrons. The van der Waals surface area contributed by atoms with E-state index in [9.17, 15) is 13.6 Å². The second-order valence-corrected chi connectivity index (χ2v) is 3.58. The Hall–Kier alpha value is -2.38. The standard InChI is InChI=1S/C11H10F2N4O2/c1-2-19-11(18)10-14-15-16-17(10)6-7-8(12)4-3-5-9(7)13/h3-5H,2,6H2,1H3. The topological polar surface area (TPSA) is 69.9 Å². The normalized spacial score (nSPS) is 10.5. The molecule has 19 heavy (non-hydrogen) atoms. The van der Waals surface area contributed by atoms with Gasteiger partial charge in [0.2, 0.25) is 0 Å². The van der Waals surface area contributed by atoms with E-state index in [1.54, 1.807) is 6.92 Å². The molecule has 0 spiro atoms. The van der Waals surface area contributed by atoms with Crippen LogP contribution in [0.4, 0.5) is 8.78 Å². The minimum Gasteiger partial charge on any atom is -0.460 e. The molecule has 0 atom stereocenters. The largest absolute Gasteiger partial charge is 0.460 e. The molecular formula is C11H10F2N4O2. The lowest BCUT2D eigenvalue weighted by atomic mass is 10.2. The summed E-state index contributed by atoms with van der Waals surface area (Å²) in [4.78, 5) is 11.5. The van der Waals surface area contributed by atoms with Crippen LogP contribution >= 0.6 is 0 Å². The van der Waals surface area contributed by atoms with Crippen molar-refractivity contribution in [3.8, 4) is 0 Å². The van der Waals surface area contributed by atoms with Gasteiger partial charge in [0.05, 0.1) is 13.2 Å². The van der Waals surface area contributed by atoms with Crippen molar-refractivity contribution in [2.45, 2.75) is 13.5 Å². The first-order valence-corrected chi connectivity index (χ1v) is 5.49. The molecule has 1 aromatic heterocycles. The molecule has 0 amide bonds. The Morgan fingerprint density at radius 1 is 1.37 bits per heavy atom. The highest BCUT2D eigenvalue weighted by atomic mass is 19.1. The first-order valence-electron chi connectivity index (χ1n) is 5.49. The first-order chi connectivity index (χ1) is 9.13. The summed E-state index contributed by atoms with van der Waals surface area (Å²) in [7, 11) is 0. The van der Waals surface area contributed by atoms with E-state index in [1.165, 1.54) is 6.07 Å².